The summed E-state index contributed by atoms with van der Waals surface area (Å²) in [5.74, 6) is 0. The maximum Gasteiger partial charge on any atom is 0.0897 e. The number of ether oxygens (including phenoxy) is 1. The van der Waals surface area contributed by atoms with Gasteiger partial charge < -0.3 is 10.1 Å². The van der Waals surface area contributed by atoms with Crippen molar-refractivity contribution in [2.24, 2.45) is 0 Å². The highest BCUT2D eigenvalue weighted by molar-refractivity contribution is 7.09. The molecule has 0 radical (unpaired) electrons. The summed E-state index contributed by atoms with van der Waals surface area (Å²) in [5, 5.41) is 6.53. The average Bonchev–Trinajstić information content (AvgIpc) is 2.51. The Morgan fingerprint density at radius 1 is 1.57 bits per heavy atom. The van der Waals surface area contributed by atoms with Crippen LogP contribution in [0.1, 0.15) is 24.5 Å². The molecule has 0 spiro atoms. The van der Waals surface area contributed by atoms with Gasteiger partial charge in [0.1, 0.15) is 0 Å². The van der Waals surface area contributed by atoms with Gasteiger partial charge in [-0.25, -0.2) is 4.98 Å². The van der Waals surface area contributed by atoms with E-state index in [4.69, 9.17) is 4.74 Å². The van der Waals surface area contributed by atoms with Crippen LogP contribution in [0, 0.1) is 6.92 Å². The van der Waals surface area contributed by atoms with Crippen molar-refractivity contribution in [3.8, 4) is 0 Å². The Labute approximate surface area is 89.5 Å². The van der Waals surface area contributed by atoms with Gasteiger partial charge in [0.2, 0.25) is 0 Å². The lowest BCUT2D eigenvalue weighted by Gasteiger charge is -2.22. The van der Waals surface area contributed by atoms with Gasteiger partial charge in [-0.3, -0.25) is 0 Å². The summed E-state index contributed by atoms with van der Waals surface area (Å²) in [6.07, 6.45) is 0. The number of nitrogens with one attached hydrogen (secondary N) is 1. The predicted octanol–water partition coefficient (Wildman–Crippen LogP) is 1.97. The van der Waals surface area contributed by atoms with Gasteiger partial charge in [-0.15, -0.1) is 11.3 Å². The Kier molecular flexibility index (Phi) is 4.04. The minimum atomic E-state index is -0.106. The lowest BCUT2D eigenvalue weighted by Crippen LogP contribution is -2.36. The van der Waals surface area contributed by atoms with Crippen LogP contribution in [0.15, 0.2) is 5.38 Å². The second-order valence-electron chi connectivity index (χ2n) is 3.93. The Morgan fingerprint density at radius 2 is 2.29 bits per heavy atom. The zero-order valence-electron chi connectivity index (χ0n) is 9.26. The molecule has 0 fully saturated rings. The quantitative estimate of drug-likeness (QED) is 0.813. The van der Waals surface area contributed by atoms with E-state index in [0.717, 1.165) is 23.8 Å². The third kappa shape index (κ3) is 3.74. The van der Waals surface area contributed by atoms with E-state index in [1.165, 1.54) is 0 Å². The van der Waals surface area contributed by atoms with Gasteiger partial charge in [-0.05, 0) is 20.8 Å². The van der Waals surface area contributed by atoms with Crippen LogP contribution in [-0.2, 0) is 11.3 Å². The number of aromatic nitrogens is 1. The zero-order chi connectivity index (χ0) is 10.6. The van der Waals surface area contributed by atoms with E-state index in [1.807, 2.05) is 6.92 Å². The predicted molar refractivity (Wildman–Crippen MR) is 59.6 cm³/mol. The third-order valence-corrected chi connectivity index (χ3v) is 2.90. The summed E-state index contributed by atoms with van der Waals surface area (Å²) in [6.45, 7) is 7.79. The first-order chi connectivity index (χ1) is 6.53. The maximum absolute atomic E-state index is 5.30. The van der Waals surface area contributed by atoms with E-state index in [1.54, 1.807) is 18.4 Å². The van der Waals surface area contributed by atoms with Crippen LogP contribution in [0.5, 0.6) is 0 Å². The van der Waals surface area contributed by atoms with Crippen molar-refractivity contribution >= 4 is 11.3 Å². The van der Waals surface area contributed by atoms with Gasteiger partial charge in [0, 0.05) is 25.6 Å². The highest BCUT2D eigenvalue weighted by Gasteiger charge is 2.15. The van der Waals surface area contributed by atoms with Gasteiger partial charge in [-0.1, -0.05) is 0 Å². The standard InChI is InChI=1S/C10H18N2OS/c1-8-12-9(6-14-8)5-11-7-10(2,3)13-4/h6,11H,5,7H2,1-4H3. The lowest BCUT2D eigenvalue weighted by atomic mass is 10.1. The molecule has 1 N–H and O–H groups in total. The molecular weight excluding hydrogens is 196 g/mol. The van der Waals surface area contributed by atoms with Crippen molar-refractivity contribution in [1.29, 1.82) is 0 Å². The molecule has 0 unspecified atom stereocenters. The molecule has 0 saturated carbocycles. The molecule has 4 heteroatoms. The van der Waals surface area contributed by atoms with Crippen LogP contribution < -0.4 is 5.32 Å². The van der Waals surface area contributed by atoms with E-state index in [9.17, 15) is 0 Å². The summed E-state index contributed by atoms with van der Waals surface area (Å²) >= 11 is 1.69. The van der Waals surface area contributed by atoms with Crippen LogP contribution in [0.2, 0.25) is 0 Å². The van der Waals surface area contributed by atoms with Crippen molar-refractivity contribution in [1.82, 2.24) is 10.3 Å². The van der Waals surface area contributed by atoms with E-state index < -0.39 is 0 Å². The van der Waals surface area contributed by atoms with Crippen LogP contribution >= 0.6 is 11.3 Å². The molecule has 14 heavy (non-hydrogen) atoms. The summed E-state index contributed by atoms with van der Waals surface area (Å²) < 4.78 is 5.30. The van der Waals surface area contributed by atoms with Crippen molar-refractivity contribution < 1.29 is 4.74 Å². The molecule has 0 saturated heterocycles. The smallest absolute Gasteiger partial charge is 0.0897 e. The molecule has 0 aliphatic carbocycles. The van der Waals surface area contributed by atoms with Gasteiger partial charge in [0.05, 0.1) is 16.3 Å². The number of thiazole rings is 1. The molecule has 3 nitrogen and oxygen atoms in total. The average molecular weight is 214 g/mol. The topological polar surface area (TPSA) is 34.1 Å². The van der Waals surface area contributed by atoms with E-state index in [-0.39, 0.29) is 5.60 Å². The maximum atomic E-state index is 5.30. The highest BCUT2D eigenvalue weighted by Crippen LogP contribution is 2.09. The van der Waals surface area contributed by atoms with Crippen molar-refractivity contribution in [2.45, 2.75) is 32.9 Å². The molecule has 80 valence electrons. The fraction of sp³-hybridized carbons (Fsp3) is 0.700. The monoisotopic (exact) mass is 214 g/mol. The second kappa shape index (κ2) is 4.87. The largest absolute Gasteiger partial charge is 0.377 e. The Bertz CT molecular complexity index is 283. The van der Waals surface area contributed by atoms with Gasteiger partial charge in [0.25, 0.3) is 0 Å². The van der Waals surface area contributed by atoms with Crippen LogP contribution in [-0.4, -0.2) is 24.2 Å². The van der Waals surface area contributed by atoms with Crippen LogP contribution in [0.3, 0.4) is 0 Å². The molecule has 1 heterocycles. The second-order valence-corrected chi connectivity index (χ2v) is 4.99. The number of hydrogen-bond acceptors (Lipinski definition) is 4. The summed E-state index contributed by atoms with van der Waals surface area (Å²) in [6, 6.07) is 0. The summed E-state index contributed by atoms with van der Waals surface area (Å²) in [4.78, 5) is 4.37. The minimum Gasteiger partial charge on any atom is -0.377 e. The molecule has 0 aromatic carbocycles. The number of nitrogens with zero attached hydrogens (tertiary/aromatic N) is 1. The van der Waals surface area contributed by atoms with Crippen LogP contribution in [0.4, 0.5) is 0 Å². The molecule has 1 rings (SSSR count). The van der Waals surface area contributed by atoms with Gasteiger partial charge >= 0.3 is 0 Å². The lowest BCUT2D eigenvalue weighted by molar-refractivity contribution is 0.0230. The molecule has 1 aromatic heterocycles. The number of methoxy groups -OCH3 is 1. The summed E-state index contributed by atoms with van der Waals surface area (Å²) in [7, 11) is 1.73. The Morgan fingerprint density at radius 3 is 2.79 bits per heavy atom. The minimum absolute atomic E-state index is 0.106. The molecule has 0 atom stereocenters. The van der Waals surface area contributed by atoms with E-state index >= 15 is 0 Å². The zero-order valence-corrected chi connectivity index (χ0v) is 10.1. The molecule has 1 aromatic rings. The van der Waals surface area contributed by atoms with E-state index in [2.05, 4.69) is 29.5 Å². The molecule has 0 aliphatic heterocycles. The number of hydrogen-bond donors (Lipinski definition) is 1. The SMILES string of the molecule is COC(C)(C)CNCc1csc(C)n1. The van der Waals surface area contributed by atoms with Crippen LogP contribution in [0.25, 0.3) is 0 Å². The number of aryl methyl sites for hydroxylation is 1. The highest BCUT2D eigenvalue weighted by atomic mass is 32.1. The van der Waals surface area contributed by atoms with Gasteiger partial charge in [-0.2, -0.15) is 0 Å². The summed E-state index contributed by atoms with van der Waals surface area (Å²) in [5.41, 5.74) is 1.00. The van der Waals surface area contributed by atoms with E-state index in [0.29, 0.717) is 0 Å². The fourth-order valence-corrected chi connectivity index (χ4v) is 1.67. The Balaban J connectivity index is 2.28. The van der Waals surface area contributed by atoms with Crippen molar-refractivity contribution in [3.63, 3.8) is 0 Å². The number of rotatable bonds is 5. The van der Waals surface area contributed by atoms with Crippen molar-refractivity contribution in [2.75, 3.05) is 13.7 Å². The molecule has 0 bridgehead atoms. The van der Waals surface area contributed by atoms with Gasteiger partial charge in [0.15, 0.2) is 0 Å². The first-order valence-corrected chi connectivity index (χ1v) is 5.58. The fourth-order valence-electron chi connectivity index (χ4n) is 1.05. The third-order valence-electron chi connectivity index (χ3n) is 2.08. The first-order valence-electron chi connectivity index (χ1n) is 4.70. The molecular formula is C10H18N2OS. The Hall–Kier alpha value is -0.450. The first kappa shape index (κ1) is 11.6. The molecule has 0 aliphatic rings. The van der Waals surface area contributed by atoms with Crippen molar-refractivity contribution in [3.05, 3.63) is 16.1 Å². The normalized spacial score (nSPS) is 12.0. The molecule has 0 amide bonds.